The number of carboxylic acid groups (broad SMARTS) is 1. The monoisotopic (exact) mass is 687 g/mol. The van der Waals surface area contributed by atoms with Crippen LogP contribution in [0.25, 0.3) is 22.3 Å². The fraction of sp³-hybridized carbons (Fsp3) is 0.400. The van der Waals surface area contributed by atoms with E-state index in [9.17, 15) is 29.1 Å². The van der Waals surface area contributed by atoms with E-state index in [-0.39, 0.29) is 54.6 Å². The van der Waals surface area contributed by atoms with E-state index in [1.807, 2.05) is 69.3 Å². The number of hydrogen-bond acceptors (Lipinski definition) is 9. The number of ether oxygens (including phenoxy) is 2. The molecular weight excluding hydrogens is 646 g/mol. The van der Waals surface area contributed by atoms with E-state index in [0.717, 1.165) is 27.2 Å². The van der Waals surface area contributed by atoms with Gasteiger partial charge in [0.15, 0.2) is 11.2 Å². The number of imidazole rings is 1. The molecule has 0 fully saturated rings. The predicted octanol–water partition coefficient (Wildman–Crippen LogP) is 3.35. The largest absolute Gasteiger partial charge is 0.480 e. The SMILES string of the molecule is CC(C)C(=O)Nc1nc2c(ncn2CC(=O)N(CC(=O)O)C[C@H](COC(C)(C)C)NC(=O)OCC2c3ccccc3-c3ccccc32)c(=O)[nH]1. The number of carbonyl (C=O) groups excluding carboxylic acids is 3. The Kier molecular flexibility index (Phi) is 10.7. The number of aromatic nitrogens is 4. The number of H-pyrrole nitrogens is 1. The summed E-state index contributed by atoms with van der Waals surface area (Å²) in [7, 11) is 0. The Morgan fingerprint density at radius 2 is 1.68 bits per heavy atom. The molecule has 15 nitrogen and oxygen atoms in total. The summed E-state index contributed by atoms with van der Waals surface area (Å²) < 4.78 is 12.9. The van der Waals surface area contributed by atoms with Crippen LogP contribution in [0.3, 0.4) is 0 Å². The standard InChI is InChI=1S/C35H41N7O8/c1-20(2)31(46)39-33-38-30-29(32(47)40-33)36-19-42(30)15-27(43)41(16-28(44)45)14-21(17-50-35(3,4)5)37-34(48)49-18-26-24-12-8-6-10-22(24)23-11-7-9-13-25(23)26/h6-13,19-21,26H,14-18H2,1-5H3,(H,37,48)(H,44,45)(H2,38,39,40,46,47)/t21-/m1/s1. The molecule has 0 radical (unpaired) electrons. The van der Waals surface area contributed by atoms with Gasteiger partial charge in [-0.3, -0.25) is 29.5 Å². The number of benzene rings is 2. The molecule has 0 bridgehead atoms. The van der Waals surface area contributed by atoms with Gasteiger partial charge in [-0.25, -0.2) is 9.78 Å². The third-order valence-corrected chi connectivity index (χ3v) is 8.05. The van der Waals surface area contributed by atoms with Crippen molar-refractivity contribution in [3.8, 4) is 11.1 Å². The van der Waals surface area contributed by atoms with Crippen LogP contribution >= 0.6 is 0 Å². The number of fused-ring (bicyclic) bond motifs is 4. The van der Waals surface area contributed by atoms with E-state index in [2.05, 4.69) is 25.6 Å². The maximum atomic E-state index is 13.6. The molecule has 2 aromatic heterocycles. The number of nitrogens with one attached hydrogen (secondary N) is 3. The van der Waals surface area contributed by atoms with E-state index in [0.29, 0.717) is 0 Å². The van der Waals surface area contributed by atoms with Crippen molar-refractivity contribution in [1.29, 1.82) is 0 Å². The Balaban J connectivity index is 1.31. The molecule has 2 heterocycles. The Labute approximate surface area is 288 Å². The lowest BCUT2D eigenvalue weighted by atomic mass is 9.98. The Hall–Kier alpha value is -5.57. The van der Waals surface area contributed by atoms with Gasteiger partial charge in [-0.2, -0.15) is 4.98 Å². The summed E-state index contributed by atoms with van der Waals surface area (Å²) in [6, 6.07) is 15.0. The van der Waals surface area contributed by atoms with Crippen molar-refractivity contribution in [2.75, 3.05) is 31.6 Å². The Morgan fingerprint density at radius 3 is 2.28 bits per heavy atom. The van der Waals surface area contributed by atoms with Crippen LogP contribution in [0.1, 0.15) is 51.7 Å². The third kappa shape index (κ3) is 8.52. The van der Waals surface area contributed by atoms with Gasteiger partial charge < -0.3 is 29.4 Å². The molecular formula is C35H41N7O8. The molecule has 0 aliphatic heterocycles. The van der Waals surface area contributed by atoms with Crippen molar-refractivity contribution in [3.05, 3.63) is 76.3 Å². The number of aliphatic carboxylic acids is 1. The summed E-state index contributed by atoms with van der Waals surface area (Å²) in [5, 5.41) is 15.0. The smallest absolute Gasteiger partial charge is 0.407 e. The molecule has 0 unspecified atom stereocenters. The van der Waals surface area contributed by atoms with Crippen LogP contribution in [0.5, 0.6) is 0 Å². The highest BCUT2D eigenvalue weighted by molar-refractivity contribution is 5.91. The first-order valence-electron chi connectivity index (χ1n) is 16.2. The minimum absolute atomic E-state index is 0.0146. The molecule has 15 heteroatoms. The summed E-state index contributed by atoms with van der Waals surface area (Å²) in [6.07, 6.45) is 0.476. The second-order valence-corrected chi connectivity index (χ2v) is 13.4. The summed E-state index contributed by atoms with van der Waals surface area (Å²) >= 11 is 0. The number of carboxylic acids is 1. The van der Waals surface area contributed by atoms with Crippen LogP contribution in [0.2, 0.25) is 0 Å². The van der Waals surface area contributed by atoms with E-state index in [4.69, 9.17) is 9.47 Å². The van der Waals surface area contributed by atoms with Crippen LogP contribution in [-0.2, 0) is 30.4 Å². The summed E-state index contributed by atoms with van der Waals surface area (Å²) in [6.45, 7) is 7.48. The van der Waals surface area contributed by atoms with E-state index in [1.54, 1.807) is 13.8 Å². The van der Waals surface area contributed by atoms with Crippen LogP contribution in [-0.4, -0.2) is 91.3 Å². The second-order valence-electron chi connectivity index (χ2n) is 13.4. The number of nitrogens with zero attached hydrogens (tertiary/aromatic N) is 4. The van der Waals surface area contributed by atoms with Crippen molar-refractivity contribution >= 4 is 41.0 Å². The number of amides is 3. The quantitative estimate of drug-likeness (QED) is 0.162. The molecule has 0 saturated carbocycles. The zero-order valence-corrected chi connectivity index (χ0v) is 28.6. The molecule has 0 spiro atoms. The fourth-order valence-electron chi connectivity index (χ4n) is 5.62. The number of rotatable bonds is 13. The average Bonchev–Trinajstić information content (AvgIpc) is 3.60. The van der Waals surface area contributed by atoms with Crippen molar-refractivity contribution in [2.24, 2.45) is 5.92 Å². The van der Waals surface area contributed by atoms with Crippen molar-refractivity contribution in [1.82, 2.24) is 29.7 Å². The van der Waals surface area contributed by atoms with Gasteiger partial charge in [-0.05, 0) is 43.0 Å². The number of anilines is 1. The number of alkyl carbamates (subject to hydrolysis) is 1. The average molecular weight is 688 g/mol. The molecule has 1 aliphatic carbocycles. The van der Waals surface area contributed by atoms with E-state index < -0.39 is 48.3 Å². The predicted molar refractivity (Wildman–Crippen MR) is 184 cm³/mol. The van der Waals surface area contributed by atoms with Gasteiger partial charge in [0.05, 0.1) is 24.6 Å². The maximum Gasteiger partial charge on any atom is 0.407 e. The van der Waals surface area contributed by atoms with E-state index >= 15 is 0 Å². The van der Waals surface area contributed by atoms with Gasteiger partial charge in [0.25, 0.3) is 5.56 Å². The molecule has 0 saturated heterocycles. The first kappa shape index (κ1) is 35.7. The van der Waals surface area contributed by atoms with Gasteiger partial charge in [-0.1, -0.05) is 62.4 Å². The van der Waals surface area contributed by atoms with Crippen molar-refractivity contribution < 1.29 is 33.8 Å². The van der Waals surface area contributed by atoms with Gasteiger partial charge >= 0.3 is 12.1 Å². The molecule has 3 amide bonds. The number of carbonyl (C=O) groups is 4. The molecule has 264 valence electrons. The van der Waals surface area contributed by atoms with Crippen LogP contribution in [0, 0.1) is 5.92 Å². The van der Waals surface area contributed by atoms with Crippen LogP contribution < -0.4 is 16.2 Å². The highest BCUT2D eigenvalue weighted by atomic mass is 16.5. The van der Waals surface area contributed by atoms with Crippen LogP contribution in [0.15, 0.2) is 59.7 Å². The summed E-state index contributed by atoms with van der Waals surface area (Å²) in [5.74, 6) is -2.99. The lowest BCUT2D eigenvalue weighted by Gasteiger charge is -2.29. The third-order valence-electron chi connectivity index (χ3n) is 8.05. The Bertz CT molecular complexity index is 1920. The Morgan fingerprint density at radius 1 is 1.04 bits per heavy atom. The van der Waals surface area contributed by atoms with E-state index in [1.165, 1.54) is 10.9 Å². The van der Waals surface area contributed by atoms with Crippen molar-refractivity contribution in [3.63, 3.8) is 0 Å². The van der Waals surface area contributed by atoms with Crippen molar-refractivity contribution in [2.45, 2.75) is 58.7 Å². The first-order chi connectivity index (χ1) is 23.7. The molecule has 4 aromatic rings. The first-order valence-corrected chi connectivity index (χ1v) is 16.2. The minimum Gasteiger partial charge on any atom is -0.480 e. The topological polar surface area (TPSA) is 198 Å². The molecule has 4 N–H and O–H groups in total. The maximum absolute atomic E-state index is 13.6. The minimum atomic E-state index is -1.28. The molecule has 2 aromatic carbocycles. The fourth-order valence-corrected chi connectivity index (χ4v) is 5.62. The van der Waals surface area contributed by atoms with Gasteiger partial charge in [-0.15, -0.1) is 0 Å². The number of hydrogen-bond donors (Lipinski definition) is 4. The summed E-state index contributed by atoms with van der Waals surface area (Å²) in [5.41, 5.74) is 2.96. The molecule has 5 rings (SSSR count). The summed E-state index contributed by atoms with van der Waals surface area (Å²) in [4.78, 5) is 75.4. The highest BCUT2D eigenvalue weighted by Crippen LogP contribution is 2.44. The normalized spacial score (nSPS) is 13.1. The highest BCUT2D eigenvalue weighted by Gasteiger charge is 2.30. The lowest BCUT2D eigenvalue weighted by Crippen LogP contribution is -2.51. The molecule has 50 heavy (non-hydrogen) atoms. The molecule has 1 atom stereocenters. The zero-order chi connectivity index (χ0) is 36.2. The van der Waals surface area contributed by atoms with Crippen LogP contribution in [0.4, 0.5) is 10.7 Å². The number of aromatic amines is 1. The van der Waals surface area contributed by atoms with Gasteiger partial charge in [0.2, 0.25) is 17.8 Å². The lowest BCUT2D eigenvalue weighted by molar-refractivity contribution is -0.145. The van der Waals surface area contributed by atoms with Gasteiger partial charge in [0, 0.05) is 18.4 Å². The second kappa shape index (κ2) is 14.9. The zero-order valence-electron chi connectivity index (χ0n) is 28.6. The van der Waals surface area contributed by atoms with Gasteiger partial charge in [0.1, 0.15) is 19.7 Å². The molecule has 1 aliphatic rings.